The number of hydrogen-bond acceptors (Lipinski definition) is 4. The van der Waals surface area contributed by atoms with E-state index in [1.165, 1.54) is 0 Å². The third kappa shape index (κ3) is 2.40. The molecule has 0 aromatic heterocycles. The fourth-order valence-electron chi connectivity index (χ4n) is 2.05. The third-order valence-electron chi connectivity index (χ3n) is 2.98. The molecule has 0 saturated carbocycles. The van der Waals surface area contributed by atoms with E-state index in [1.807, 2.05) is 0 Å². The molecule has 102 valence electrons. The number of nitro groups is 1. The second kappa shape index (κ2) is 5.12. The molecule has 1 aromatic rings. The summed E-state index contributed by atoms with van der Waals surface area (Å²) in [6.07, 6.45) is 0.122. The number of anilines is 1. The Balaban J connectivity index is 2.52. The maximum atomic E-state index is 13.8. The minimum absolute atomic E-state index is 0.101. The monoisotopic (exact) mass is 288 g/mol. The molecule has 1 saturated heterocycles. The van der Waals surface area contributed by atoms with Crippen LogP contribution in [0.4, 0.5) is 20.2 Å². The summed E-state index contributed by atoms with van der Waals surface area (Å²) in [5, 5.41) is 10.9. The van der Waals surface area contributed by atoms with Crippen LogP contribution in [0.3, 0.4) is 0 Å². The summed E-state index contributed by atoms with van der Waals surface area (Å²) in [6.45, 7) is 0.101. The van der Waals surface area contributed by atoms with Crippen LogP contribution in [0.5, 0.6) is 0 Å². The first kappa shape index (κ1) is 13.7. The van der Waals surface area contributed by atoms with E-state index in [2.05, 4.69) is 12.6 Å². The van der Waals surface area contributed by atoms with Gasteiger partial charge in [0, 0.05) is 19.0 Å². The van der Waals surface area contributed by atoms with Gasteiger partial charge in [-0.15, -0.1) is 0 Å². The molecule has 1 aromatic carbocycles. The van der Waals surface area contributed by atoms with Crippen LogP contribution in [-0.2, 0) is 4.79 Å². The Morgan fingerprint density at radius 1 is 1.47 bits per heavy atom. The van der Waals surface area contributed by atoms with Crippen molar-refractivity contribution in [3.05, 3.63) is 33.9 Å². The van der Waals surface area contributed by atoms with Crippen LogP contribution in [-0.4, -0.2) is 23.1 Å². The summed E-state index contributed by atoms with van der Waals surface area (Å²) in [4.78, 5) is 22.7. The Kier molecular flexibility index (Phi) is 3.70. The van der Waals surface area contributed by atoms with Gasteiger partial charge in [0.1, 0.15) is 0 Å². The number of carbonyl (C=O) groups is 1. The second-order valence-corrected chi connectivity index (χ2v) is 4.61. The van der Waals surface area contributed by atoms with E-state index in [9.17, 15) is 23.7 Å². The third-order valence-corrected chi connectivity index (χ3v) is 3.49. The molecule has 0 N–H and O–H groups in total. The number of amides is 1. The topological polar surface area (TPSA) is 63.5 Å². The van der Waals surface area contributed by atoms with Crippen molar-refractivity contribution in [3.63, 3.8) is 0 Å². The van der Waals surface area contributed by atoms with Crippen molar-refractivity contribution in [1.82, 2.24) is 0 Å². The van der Waals surface area contributed by atoms with Crippen molar-refractivity contribution >= 4 is 29.9 Å². The van der Waals surface area contributed by atoms with Crippen LogP contribution in [0.25, 0.3) is 0 Å². The lowest BCUT2D eigenvalue weighted by molar-refractivity contribution is -0.384. The summed E-state index contributed by atoms with van der Waals surface area (Å²) in [5.74, 6) is -2.79. The zero-order chi connectivity index (χ0) is 14.2. The maximum absolute atomic E-state index is 13.8. The van der Waals surface area contributed by atoms with Crippen molar-refractivity contribution < 1.29 is 18.5 Å². The molecule has 1 amide bonds. The van der Waals surface area contributed by atoms with Gasteiger partial charge in [0.2, 0.25) is 5.91 Å². The first-order valence-electron chi connectivity index (χ1n) is 5.49. The van der Waals surface area contributed by atoms with Crippen LogP contribution < -0.4 is 4.90 Å². The van der Waals surface area contributed by atoms with E-state index in [-0.39, 0.29) is 18.9 Å². The zero-order valence-electron chi connectivity index (χ0n) is 9.68. The summed E-state index contributed by atoms with van der Waals surface area (Å²) in [6, 6.07) is 1.53. The highest BCUT2D eigenvalue weighted by Gasteiger charge is 2.36. The molecule has 1 aliphatic rings. The molecule has 19 heavy (non-hydrogen) atoms. The normalized spacial score (nSPS) is 19.0. The summed E-state index contributed by atoms with van der Waals surface area (Å²) in [7, 11) is 0. The van der Waals surface area contributed by atoms with Gasteiger partial charge in [0.25, 0.3) is 5.69 Å². The van der Waals surface area contributed by atoms with Crippen LogP contribution >= 0.6 is 12.6 Å². The van der Waals surface area contributed by atoms with E-state index in [4.69, 9.17) is 0 Å². The van der Waals surface area contributed by atoms with Gasteiger partial charge in [-0.25, -0.2) is 8.78 Å². The van der Waals surface area contributed by atoms with E-state index < -0.39 is 33.8 Å². The Hall–Kier alpha value is -1.70. The molecule has 2 rings (SSSR count). The highest BCUT2D eigenvalue weighted by Crippen LogP contribution is 2.36. The van der Waals surface area contributed by atoms with Gasteiger partial charge >= 0.3 is 0 Å². The van der Waals surface area contributed by atoms with Gasteiger partial charge in [-0.2, -0.15) is 12.6 Å². The number of nitro benzene ring substituents is 1. The molecule has 1 atom stereocenters. The van der Waals surface area contributed by atoms with Crippen LogP contribution in [0.2, 0.25) is 0 Å². The Morgan fingerprint density at radius 3 is 2.68 bits per heavy atom. The van der Waals surface area contributed by atoms with Gasteiger partial charge in [0.05, 0.1) is 4.92 Å². The molecule has 0 radical (unpaired) electrons. The average molecular weight is 288 g/mol. The van der Waals surface area contributed by atoms with Crippen LogP contribution in [0.15, 0.2) is 12.1 Å². The number of halogens is 2. The number of rotatable bonds is 3. The predicted molar refractivity (Wildman–Crippen MR) is 67.3 cm³/mol. The van der Waals surface area contributed by atoms with E-state index in [1.54, 1.807) is 0 Å². The smallest absolute Gasteiger partial charge is 0.296 e. The molecule has 0 spiro atoms. The molecule has 0 bridgehead atoms. The summed E-state index contributed by atoms with van der Waals surface area (Å²) in [5.41, 5.74) is -1.22. The van der Waals surface area contributed by atoms with Gasteiger partial charge in [-0.05, 0) is 17.7 Å². The number of thiol groups is 1. The van der Waals surface area contributed by atoms with Crippen molar-refractivity contribution in [1.29, 1.82) is 0 Å². The second-order valence-electron chi connectivity index (χ2n) is 4.24. The van der Waals surface area contributed by atoms with Gasteiger partial charge in [-0.1, -0.05) is 0 Å². The zero-order valence-corrected chi connectivity index (χ0v) is 10.6. The number of hydrogen-bond donors (Lipinski definition) is 1. The van der Waals surface area contributed by atoms with Crippen molar-refractivity contribution in [3.8, 4) is 0 Å². The van der Waals surface area contributed by atoms with Gasteiger partial charge < -0.3 is 4.90 Å². The van der Waals surface area contributed by atoms with Crippen molar-refractivity contribution in [2.24, 2.45) is 5.92 Å². The highest BCUT2D eigenvalue weighted by atomic mass is 32.1. The minimum Gasteiger partial charge on any atom is -0.304 e. The number of benzene rings is 1. The van der Waals surface area contributed by atoms with E-state index >= 15 is 0 Å². The highest BCUT2D eigenvalue weighted by molar-refractivity contribution is 7.80. The maximum Gasteiger partial charge on any atom is 0.296 e. The molecule has 1 aliphatic heterocycles. The SMILES string of the molecule is O=C1CC(CS)CN1c1c([N+](=O)[O-])ccc(F)c1F. The average Bonchev–Trinajstić information content (AvgIpc) is 2.73. The van der Waals surface area contributed by atoms with Crippen molar-refractivity contribution in [2.75, 3.05) is 17.2 Å². The van der Waals surface area contributed by atoms with Crippen LogP contribution in [0, 0.1) is 27.7 Å². The van der Waals surface area contributed by atoms with Crippen molar-refractivity contribution in [2.45, 2.75) is 6.42 Å². The Bertz CT molecular complexity index is 553. The Labute approximate surface area is 112 Å². The quantitative estimate of drug-likeness (QED) is 0.526. The molecular weight excluding hydrogens is 278 g/mol. The number of nitrogens with zero attached hydrogens (tertiary/aromatic N) is 2. The van der Waals surface area contributed by atoms with Crippen LogP contribution in [0.1, 0.15) is 6.42 Å². The molecule has 1 unspecified atom stereocenters. The standard InChI is InChI=1S/C11H10F2N2O3S/c12-7-1-2-8(15(17)18)11(10(7)13)14-4-6(5-19)3-9(14)16/h1-2,6,19H,3-5H2. The predicted octanol–water partition coefficient (Wildman–Crippen LogP) is 2.16. The minimum atomic E-state index is -1.37. The largest absolute Gasteiger partial charge is 0.304 e. The Morgan fingerprint density at radius 2 is 2.16 bits per heavy atom. The summed E-state index contributed by atoms with van der Waals surface area (Å²) >= 11 is 4.04. The number of carbonyl (C=O) groups excluding carboxylic acids is 1. The first-order chi connectivity index (χ1) is 8.95. The first-order valence-corrected chi connectivity index (χ1v) is 6.12. The molecule has 0 aliphatic carbocycles. The molecule has 1 heterocycles. The lowest BCUT2D eigenvalue weighted by Gasteiger charge is -2.17. The fraction of sp³-hybridized carbons (Fsp3) is 0.364. The molecule has 5 nitrogen and oxygen atoms in total. The fourth-order valence-corrected chi connectivity index (χ4v) is 2.30. The summed E-state index contributed by atoms with van der Waals surface area (Å²) < 4.78 is 27.0. The lowest BCUT2D eigenvalue weighted by Crippen LogP contribution is -2.27. The lowest BCUT2D eigenvalue weighted by atomic mass is 10.1. The molecular formula is C11H10F2N2O3S. The molecule has 1 fully saturated rings. The van der Waals surface area contributed by atoms with E-state index in [0.717, 1.165) is 11.0 Å². The van der Waals surface area contributed by atoms with E-state index in [0.29, 0.717) is 11.8 Å². The molecule has 8 heteroatoms. The van der Waals surface area contributed by atoms with Gasteiger partial charge in [0.15, 0.2) is 17.3 Å². The van der Waals surface area contributed by atoms with Gasteiger partial charge in [-0.3, -0.25) is 14.9 Å².